The second kappa shape index (κ2) is 4.65. The number of pyridine rings is 1. The molecule has 0 saturated carbocycles. The van der Waals surface area contributed by atoms with Crippen LogP contribution in [0.15, 0.2) is 30.5 Å². The quantitative estimate of drug-likeness (QED) is 0.811. The fourth-order valence-corrected chi connectivity index (χ4v) is 1.32. The molecular weight excluding hydrogens is 219 g/mol. The Morgan fingerprint density at radius 3 is 2.44 bits per heavy atom. The lowest BCUT2D eigenvalue weighted by molar-refractivity contribution is -0.141. The third kappa shape index (κ3) is 2.82. The molecule has 0 aliphatic heterocycles. The molecule has 1 N–H and O–H groups in total. The standard InChI is InChI=1S/C11H12F3NO/c1-7(2)9(6-16)8-3-4-10(15-5-8)11(12,13)14/h3-5,9,16H,1,6H2,2H3/t9-/m0/s1. The second-order valence-electron chi connectivity index (χ2n) is 3.56. The first kappa shape index (κ1) is 12.7. The van der Waals surface area contributed by atoms with Crippen LogP contribution in [0.1, 0.15) is 24.1 Å². The van der Waals surface area contributed by atoms with E-state index in [9.17, 15) is 13.2 Å². The average molecular weight is 231 g/mol. The fourth-order valence-electron chi connectivity index (χ4n) is 1.32. The van der Waals surface area contributed by atoms with Crippen molar-refractivity contribution < 1.29 is 18.3 Å². The molecule has 0 fully saturated rings. The second-order valence-corrected chi connectivity index (χ2v) is 3.56. The first-order chi connectivity index (χ1) is 7.36. The third-order valence-corrected chi connectivity index (χ3v) is 2.26. The molecule has 1 heterocycles. The van der Waals surface area contributed by atoms with Crippen molar-refractivity contribution in [2.24, 2.45) is 0 Å². The Balaban J connectivity index is 2.98. The van der Waals surface area contributed by atoms with Gasteiger partial charge in [0.25, 0.3) is 0 Å². The molecule has 2 nitrogen and oxygen atoms in total. The van der Waals surface area contributed by atoms with E-state index in [1.54, 1.807) is 6.92 Å². The molecule has 0 saturated heterocycles. The highest BCUT2D eigenvalue weighted by molar-refractivity contribution is 5.26. The molecule has 88 valence electrons. The van der Waals surface area contributed by atoms with Crippen LogP contribution < -0.4 is 0 Å². The molecule has 16 heavy (non-hydrogen) atoms. The monoisotopic (exact) mass is 231 g/mol. The van der Waals surface area contributed by atoms with E-state index in [0.29, 0.717) is 11.1 Å². The van der Waals surface area contributed by atoms with Crippen molar-refractivity contribution in [1.82, 2.24) is 4.98 Å². The van der Waals surface area contributed by atoms with Crippen LogP contribution in [0, 0.1) is 0 Å². The predicted octanol–water partition coefficient (Wildman–Crippen LogP) is 2.75. The summed E-state index contributed by atoms with van der Waals surface area (Å²) in [6.07, 6.45) is -3.31. The minimum atomic E-state index is -4.43. The van der Waals surface area contributed by atoms with Gasteiger partial charge < -0.3 is 5.11 Å². The fraction of sp³-hybridized carbons (Fsp3) is 0.364. The van der Waals surface area contributed by atoms with E-state index < -0.39 is 11.9 Å². The van der Waals surface area contributed by atoms with Gasteiger partial charge in [-0.15, -0.1) is 0 Å². The number of aromatic nitrogens is 1. The molecule has 1 aromatic rings. The van der Waals surface area contributed by atoms with Gasteiger partial charge in [0.2, 0.25) is 0 Å². The van der Waals surface area contributed by atoms with Gasteiger partial charge in [-0.25, -0.2) is 0 Å². The zero-order valence-electron chi connectivity index (χ0n) is 8.75. The van der Waals surface area contributed by atoms with Crippen molar-refractivity contribution in [3.8, 4) is 0 Å². The summed E-state index contributed by atoms with van der Waals surface area (Å²) in [5, 5.41) is 9.07. The molecule has 1 rings (SSSR count). The van der Waals surface area contributed by atoms with Crippen LogP contribution in [0.25, 0.3) is 0 Å². The van der Waals surface area contributed by atoms with Gasteiger partial charge in [0.15, 0.2) is 0 Å². The van der Waals surface area contributed by atoms with Crippen LogP contribution in [-0.4, -0.2) is 16.7 Å². The van der Waals surface area contributed by atoms with Crippen LogP contribution in [0.5, 0.6) is 0 Å². The molecule has 1 atom stereocenters. The van der Waals surface area contributed by atoms with Crippen LogP contribution in [0.4, 0.5) is 13.2 Å². The summed E-state index contributed by atoms with van der Waals surface area (Å²) in [7, 11) is 0. The molecule has 0 radical (unpaired) electrons. The van der Waals surface area contributed by atoms with E-state index in [-0.39, 0.29) is 12.5 Å². The Kier molecular flexibility index (Phi) is 3.70. The summed E-state index contributed by atoms with van der Waals surface area (Å²) >= 11 is 0. The van der Waals surface area contributed by atoms with E-state index >= 15 is 0 Å². The number of alkyl halides is 3. The van der Waals surface area contributed by atoms with Crippen molar-refractivity contribution in [2.75, 3.05) is 6.61 Å². The van der Waals surface area contributed by atoms with Gasteiger partial charge in [0.1, 0.15) is 5.69 Å². The van der Waals surface area contributed by atoms with Gasteiger partial charge in [-0.05, 0) is 18.6 Å². The van der Waals surface area contributed by atoms with Crippen molar-refractivity contribution in [2.45, 2.75) is 19.0 Å². The summed E-state index contributed by atoms with van der Waals surface area (Å²) in [5.41, 5.74) is 0.279. The van der Waals surface area contributed by atoms with Gasteiger partial charge >= 0.3 is 6.18 Å². The van der Waals surface area contributed by atoms with E-state index in [1.165, 1.54) is 6.07 Å². The predicted molar refractivity (Wildman–Crippen MR) is 53.9 cm³/mol. The van der Waals surface area contributed by atoms with Gasteiger partial charge in [0, 0.05) is 12.1 Å². The van der Waals surface area contributed by atoms with Crippen molar-refractivity contribution in [3.05, 3.63) is 41.7 Å². The first-order valence-corrected chi connectivity index (χ1v) is 4.65. The van der Waals surface area contributed by atoms with Gasteiger partial charge in [0.05, 0.1) is 6.61 Å². The highest BCUT2D eigenvalue weighted by Crippen LogP contribution is 2.29. The molecule has 0 unspecified atom stereocenters. The van der Waals surface area contributed by atoms with Crippen LogP contribution in [-0.2, 0) is 6.18 Å². The zero-order valence-corrected chi connectivity index (χ0v) is 8.75. The number of aliphatic hydroxyl groups is 1. The third-order valence-electron chi connectivity index (χ3n) is 2.26. The SMILES string of the molecule is C=C(C)[C@H](CO)c1ccc(C(F)(F)F)nc1. The zero-order chi connectivity index (χ0) is 12.3. The maximum Gasteiger partial charge on any atom is 0.433 e. The molecule has 5 heteroatoms. The van der Waals surface area contributed by atoms with Crippen molar-refractivity contribution >= 4 is 0 Å². The number of rotatable bonds is 3. The Morgan fingerprint density at radius 2 is 2.12 bits per heavy atom. The Hall–Kier alpha value is -1.36. The lowest BCUT2D eigenvalue weighted by atomic mass is 9.95. The number of aliphatic hydroxyl groups excluding tert-OH is 1. The Morgan fingerprint density at radius 1 is 1.50 bits per heavy atom. The van der Waals surface area contributed by atoms with Gasteiger partial charge in [-0.3, -0.25) is 4.98 Å². The lowest BCUT2D eigenvalue weighted by Crippen LogP contribution is -2.10. The smallest absolute Gasteiger partial charge is 0.395 e. The van der Waals surface area contributed by atoms with Crippen LogP contribution >= 0.6 is 0 Å². The molecular formula is C11H12F3NO. The van der Waals surface area contributed by atoms with Gasteiger partial charge in [-0.2, -0.15) is 13.2 Å². The summed E-state index contributed by atoms with van der Waals surface area (Å²) < 4.78 is 36.7. The highest BCUT2D eigenvalue weighted by atomic mass is 19.4. The minimum Gasteiger partial charge on any atom is -0.395 e. The Labute approximate surface area is 91.4 Å². The molecule has 0 spiro atoms. The maximum atomic E-state index is 12.2. The van der Waals surface area contributed by atoms with Crippen LogP contribution in [0.3, 0.4) is 0 Å². The average Bonchev–Trinajstić information content (AvgIpc) is 2.17. The number of hydrogen-bond donors (Lipinski definition) is 1. The normalized spacial score (nSPS) is 13.6. The maximum absolute atomic E-state index is 12.2. The molecule has 0 aliphatic carbocycles. The van der Waals surface area contributed by atoms with Gasteiger partial charge in [-0.1, -0.05) is 18.2 Å². The molecule has 1 aromatic heterocycles. The number of nitrogens with zero attached hydrogens (tertiary/aromatic N) is 1. The van der Waals surface area contributed by atoms with E-state index in [4.69, 9.17) is 5.11 Å². The van der Waals surface area contributed by atoms with E-state index in [0.717, 1.165) is 12.3 Å². The topological polar surface area (TPSA) is 33.1 Å². The summed E-state index contributed by atoms with van der Waals surface area (Å²) in [4.78, 5) is 3.32. The number of halogens is 3. The molecule has 0 aromatic carbocycles. The highest BCUT2D eigenvalue weighted by Gasteiger charge is 2.32. The number of hydrogen-bond acceptors (Lipinski definition) is 2. The summed E-state index contributed by atoms with van der Waals surface area (Å²) in [6.45, 7) is 5.18. The minimum absolute atomic E-state index is 0.192. The lowest BCUT2D eigenvalue weighted by Gasteiger charge is -2.14. The Bertz CT molecular complexity index is 370. The van der Waals surface area contributed by atoms with Crippen molar-refractivity contribution in [3.63, 3.8) is 0 Å². The largest absolute Gasteiger partial charge is 0.433 e. The van der Waals surface area contributed by atoms with E-state index in [1.807, 2.05) is 0 Å². The first-order valence-electron chi connectivity index (χ1n) is 4.65. The molecule has 0 amide bonds. The van der Waals surface area contributed by atoms with Crippen LogP contribution in [0.2, 0.25) is 0 Å². The summed E-state index contributed by atoms with van der Waals surface area (Å²) in [6, 6.07) is 2.21. The molecule has 0 aliphatic rings. The van der Waals surface area contributed by atoms with Crippen molar-refractivity contribution in [1.29, 1.82) is 0 Å². The molecule has 0 bridgehead atoms. The summed E-state index contributed by atoms with van der Waals surface area (Å²) in [5.74, 6) is -0.366. The van der Waals surface area contributed by atoms with E-state index in [2.05, 4.69) is 11.6 Å².